The standard InChI is InChI=1S/C27H25F2N7O2/c1-38-16-24-23(27(37)32-10-19-6-7-22-21(25(19)29)8-9-31-26(22)30)15-36(34-24)13-18-4-2-17(3-5-18)12-35-14-20(28)11-33-35/h2-9,11,14-15H,10,12-13,16H2,1H3,(H2,30,31)(H,32,37). The molecule has 0 atom stereocenters. The number of hydrogen-bond acceptors (Lipinski definition) is 6. The number of nitrogens with zero attached hydrogens (tertiary/aromatic N) is 5. The lowest BCUT2D eigenvalue weighted by Crippen LogP contribution is -2.24. The van der Waals surface area contributed by atoms with Gasteiger partial charge in [0.1, 0.15) is 17.3 Å². The summed E-state index contributed by atoms with van der Waals surface area (Å²) in [6, 6.07) is 12.6. The molecule has 0 fully saturated rings. The van der Waals surface area contributed by atoms with Gasteiger partial charge in [-0.3, -0.25) is 14.2 Å². The molecular formula is C27H25F2N7O2. The maximum absolute atomic E-state index is 15.0. The molecule has 0 aliphatic heterocycles. The second-order valence-electron chi connectivity index (χ2n) is 8.81. The van der Waals surface area contributed by atoms with Crippen LogP contribution < -0.4 is 11.1 Å². The molecule has 194 valence electrons. The van der Waals surface area contributed by atoms with Crippen LogP contribution in [0.4, 0.5) is 14.6 Å². The molecule has 2 aromatic carbocycles. The first-order chi connectivity index (χ1) is 18.4. The van der Waals surface area contributed by atoms with E-state index in [0.29, 0.717) is 40.7 Å². The van der Waals surface area contributed by atoms with Crippen molar-refractivity contribution in [2.24, 2.45) is 0 Å². The summed E-state index contributed by atoms with van der Waals surface area (Å²) in [6.07, 6.45) is 5.60. The van der Waals surface area contributed by atoms with Gasteiger partial charge in [-0.05, 0) is 17.2 Å². The monoisotopic (exact) mass is 517 g/mol. The highest BCUT2D eigenvalue weighted by molar-refractivity contribution is 5.95. The van der Waals surface area contributed by atoms with Crippen LogP contribution in [-0.4, -0.2) is 37.6 Å². The second-order valence-corrected chi connectivity index (χ2v) is 8.81. The summed E-state index contributed by atoms with van der Waals surface area (Å²) in [6.45, 7) is 1.01. The molecule has 1 amide bonds. The first-order valence-electron chi connectivity index (χ1n) is 11.8. The molecule has 5 aromatic rings. The number of hydrogen-bond donors (Lipinski definition) is 2. The third-order valence-corrected chi connectivity index (χ3v) is 6.11. The zero-order chi connectivity index (χ0) is 26.6. The van der Waals surface area contributed by atoms with Crippen molar-refractivity contribution in [2.75, 3.05) is 12.8 Å². The Morgan fingerprint density at radius 3 is 2.42 bits per heavy atom. The summed E-state index contributed by atoms with van der Waals surface area (Å²) in [5.41, 5.74) is 8.91. The number of methoxy groups -OCH3 is 1. The van der Waals surface area contributed by atoms with Crippen molar-refractivity contribution in [3.63, 3.8) is 0 Å². The Hall–Kier alpha value is -4.64. The summed E-state index contributed by atoms with van der Waals surface area (Å²) < 4.78 is 36.6. The third-order valence-electron chi connectivity index (χ3n) is 6.11. The molecule has 3 N–H and O–H groups in total. The number of amides is 1. The number of fused-ring (bicyclic) bond motifs is 1. The number of pyridine rings is 1. The molecule has 0 spiro atoms. The highest BCUT2D eigenvalue weighted by Crippen LogP contribution is 2.24. The van der Waals surface area contributed by atoms with E-state index in [2.05, 4.69) is 20.5 Å². The lowest BCUT2D eigenvalue weighted by Gasteiger charge is -2.09. The molecule has 3 heterocycles. The number of aromatic nitrogens is 5. The van der Waals surface area contributed by atoms with Crippen LogP contribution in [0.5, 0.6) is 0 Å². The van der Waals surface area contributed by atoms with Crippen LogP contribution >= 0.6 is 0 Å². The van der Waals surface area contributed by atoms with Gasteiger partial charge in [0.15, 0.2) is 5.82 Å². The molecule has 5 rings (SSSR count). The quantitative estimate of drug-likeness (QED) is 0.309. The molecule has 0 unspecified atom stereocenters. The van der Waals surface area contributed by atoms with Gasteiger partial charge in [0.25, 0.3) is 5.91 Å². The number of carbonyl (C=O) groups excluding carboxylic acids is 1. The topological polar surface area (TPSA) is 113 Å². The zero-order valence-electron chi connectivity index (χ0n) is 20.6. The Morgan fingerprint density at radius 2 is 1.74 bits per heavy atom. The summed E-state index contributed by atoms with van der Waals surface area (Å²) >= 11 is 0. The van der Waals surface area contributed by atoms with Crippen LogP contribution in [0, 0.1) is 11.6 Å². The van der Waals surface area contributed by atoms with E-state index in [-0.39, 0.29) is 30.7 Å². The Balaban J connectivity index is 1.28. The number of ether oxygens (including phenoxy) is 1. The molecule has 0 saturated carbocycles. The van der Waals surface area contributed by atoms with Crippen molar-refractivity contribution in [3.8, 4) is 0 Å². The molecule has 0 aliphatic rings. The van der Waals surface area contributed by atoms with E-state index >= 15 is 4.39 Å². The van der Waals surface area contributed by atoms with Gasteiger partial charge >= 0.3 is 0 Å². The number of anilines is 1. The van der Waals surface area contributed by atoms with Crippen molar-refractivity contribution in [1.82, 2.24) is 29.9 Å². The molecule has 0 aliphatic carbocycles. The number of nitrogens with one attached hydrogen (secondary N) is 1. The van der Waals surface area contributed by atoms with Gasteiger partial charge in [0, 0.05) is 42.4 Å². The van der Waals surface area contributed by atoms with E-state index < -0.39 is 5.82 Å². The van der Waals surface area contributed by atoms with Gasteiger partial charge in [-0.25, -0.2) is 13.8 Å². The van der Waals surface area contributed by atoms with E-state index in [1.54, 1.807) is 29.1 Å². The summed E-state index contributed by atoms with van der Waals surface area (Å²) in [4.78, 5) is 17.0. The van der Waals surface area contributed by atoms with Gasteiger partial charge in [0.2, 0.25) is 0 Å². The lowest BCUT2D eigenvalue weighted by atomic mass is 10.1. The van der Waals surface area contributed by atoms with Crippen molar-refractivity contribution in [2.45, 2.75) is 26.2 Å². The first-order valence-corrected chi connectivity index (χ1v) is 11.8. The van der Waals surface area contributed by atoms with E-state index in [4.69, 9.17) is 10.5 Å². The van der Waals surface area contributed by atoms with E-state index in [1.807, 2.05) is 24.3 Å². The average molecular weight is 518 g/mol. The fourth-order valence-corrected chi connectivity index (χ4v) is 4.22. The predicted molar refractivity (Wildman–Crippen MR) is 137 cm³/mol. The smallest absolute Gasteiger partial charge is 0.255 e. The maximum Gasteiger partial charge on any atom is 0.255 e. The SMILES string of the molecule is COCc1nn(Cc2ccc(Cn3cc(F)cn3)cc2)cc1C(=O)NCc1ccc2c(N)nccc2c1F. The Bertz CT molecular complexity index is 1600. The van der Waals surface area contributed by atoms with Crippen molar-refractivity contribution < 1.29 is 18.3 Å². The molecule has 11 heteroatoms. The van der Waals surface area contributed by atoms with Crippen molar-refractivity contribution in [1.29, 1.82) is 0 Å². The minimum atomic E-state index is -0.453. The van der Waals surface area contributed by atoms with E-state index in [0.717, 1.165) is 11.1 Å². The van der Waals surface area contributed by atoms with Gasteiger partial charge in [-0.15, -0.1) is 0 Å². The van der Waals surface area contributed by atoms with E-state index in [9.17, 15) is 9.18 Å². The minimum Gasteiger partial charge on any atom is -0.383 e. The van der Waals surface area contributed by atoms with Gasteiger partial charge < -0.3 is 15.8 Å². The van der Waals surface area contributed by atoms with Crippen molar-refractivity contribution in [3.05, 3.63) is 107 Å². The Kier molecular flexibility index (Phi) is 7.09. The summed E-state index contributed by atoms with van der Waals surface area (Å²) in [7, 11) is 1.52. The maximum atomic E-state index is 15.0. The van der Waals surface area contributed by atoms with Crippen LogP contribution in [0.15, 0.2) is 67.3 Å². The highest BCUT2D eigenvalue weighted by Gasteiger charge is 2.18. The predicted octanol–water partition coefficient (Wildman–Crippen LogP) is 3.66. The third kappa shape index (κ3) is 5.37. The Morgan fingerprint density at radius 1 is 1.00 bits per heavy atom. The molecule has 38 heavy (non-hydrogen) atoms. The number of nitrogen functional groups attached to an aromatic ring is 1. The van der Waals surface area contributed by atoms with Crippen LogP contribution in [0.3, 0.4) is 0 Å². The number of benzene rings is 2. The number of nitrogens with two attached hydrogens (primary N) is 1. The first kappa shape index (κ1) is 25.0. The normalized spacial score (nSPS) is 11.2. The second kappa shape index (κ2) is 10.8. The van der Waals surface area contributed by atoms with Crippen LogP contribution in [0.2, 0.25) is 0 Å². The molecule has 3 aromatic heterocycles. The largest absolute Gasteiger partial charge is 0.383 e. The number of carbonyl (C=O) groups is 1. The Labute approximate surface area is 216 Å². The molecule has 0 radical (unpaired) electrons. The van der Waals surface area contributed by atoms with Crippen LogP contribution in [-0.2, 0) is 31.0 Å². The summed E-state index contributed by atoms with van der Waals surface area (Å²) in [5.74, 6) is -0.974. The van der Waals surface area contributed by atoms with Gasteiger partial charge in [-0.2, -0.15) is 10.2 Å². The average Bonchev–Trinajstić information content (AvgIpc) is 3.50. The van der Waals surface area contributed by atoms with Crippen LogP contribution in [0.25, 0.3) is 10.8 Å². The zero-order valence-corrected chi connectivity index (χ0v) is 20.6. The van der Waals surface area contributed by atoms with Crippen molar-refractivity contribution >= 4 is 22.5 Å². The number of rotatable bonds is 9. The molecule has 0 bridgehead atoms. The molecule has 9 nitrogen and oxygen atoms in total. The fourth-order valence-electron chi connectivity index (χ4n) is 4.22. The highest BCUT2D eigenvalue weighted by atomic mass is 19.1. The lowest BCUT2D eigenvalue weighted by molar-refractivity contribution is 0.0945. The fraction of sp³-hybridized carbons (Fsp3) is 0.185. The summed E-state index contributed by atoms with van der Waals surface area (Å²) in [5, 5.41) is 12.1. The van der Waals surface area contributed by atoms with Gasteiger partial charge in [0.05, 0.1) is 37.7 Å². The van der Waals surface area contributed by atoms with E-state index in [1.165, 1.54) is 30.4 Å². The number of halogens is 2. The molecule has 0 saturated heterocycles. The van der Waals surface area contributed by atoms with Crippen LogP contribution in [0.1, 0.15) is 32.7 Å². The van der Waals surface area contributed by atoms with Gasteiger partial charge in [-0.1, -0.05) is 36.4 Å². The minimum absolute atomic E-state index is 0.0119. The molecular weight excluding hydrogens is 492 g/mol.